The lowest BCUT2D eigenvalue weighted by atomic mass is 10.3. The van der Waals surface area contributed by atoms with Gasteiger partial charge in [0, 0.05) is 0 Å². The van der Waals surface area contributed by atoms with E-state index in [1.54, 1.807) is 0 Å². The van der Waals surface area contributed by atoms with Crippen LogP contribution in [-0.4, -0.2) is 4.98 Å². The minimum Gasteiger partial charge on any atom is -0.330 e. The van der Waals surface area contributed by atoms with Crippen LogP contribution in [0, 0.1) is 5.82 Å². The second-order valence-corrected chi connectivity index (χ2v) is 5.17. The Kier molecular flexibility index (Phi) is 2.89. The Hall–Kier alpha value is -1.65. The lowest BCUT2D eigenvalue weighted by Gasteiger charge is -2.04. The van der Waals surface area contributed by atoms with E-state index in [9.17, 15) is 4.39 Å². The Labute approximate surface area is 112 Å². The van der Waals surface area contributed by atoms with Crippen LogP contribution in [-0.2, 0) is 0 Å². The summed E-state index contributed by atoms with van der Waals surface area (Å²) in [6, 6.07) is 12.0. The third kappa shape index (κ3) is 2.17. The maximum Gasteiger partial charge on any atom is 0.188 e. The summed E-state index contributed by atoms with van der Waals surface area (Å²) >= 11 is 7.50. The molecule has 0 amide bonds. The van der Waals surface area contributed by atoms with Crippen molar-refractivity contribution in [3.63, 3.8) is 0 Å². The summed E-state index contributed by atoms with van der Waals surface area (Å²) in [6.45, 7) is 0. The Bertz CT molecular complexity index is 678. The van der Waals surface area contributed by atoms with Crippen molar-refractivity contribution in [2.45, 2.75) is 0 Å². The van der Waals surface area contributed by atoms with Gasteiger partial charge < -0.3 is 5.32 Å². The first-order valence-electron chi connectivity index (χ1n) is 5.30. The van der Waals surface area contributed by atoms with E-state index < -0.39 is 0 Å². The summed E-state index contributed by atoms with van der Waals surface area (Å²) < 4.78 is 14.2. The molecule has 0 aliphatic heterocycles. The lowest BCUT2D eigenvalue weighted by molar-refractivity contribution is 0.628. The number of para-hydroxylation sites is 1. The number of anilines is 2. The molecule has 0 radical (unpaired) electrons. The molecule has 3 aromatic rings. The van der Waals surface area contributed by atoms with Crippen LogP contribution in [0.1, 0.15) is 0 Å². The maximum absolute atomic E-state index is 13.1. The van der Waals surface area contributed by atoms with Crippen molar-refractivity contribution < 1.29 is 4.39 Å². The van der Waals surface area contributed by atoms with E-state index in [0.29, 0.717) is 15.8 Å². The van der Waals surface area contributed by atoms with Gasteiger partial charge in [0.2, 0.25) is 0 Å². The van der Waals surface area contributed by atoms with Crippen LogP contribution in [0.2, 0.25) is 5.02 Å². The van der Waals surface area contributed by atoms with Gasteiger partial charge in [0.1, 0.15) is 5.82 Å². The van der Waals surface area contributed by atoms with E-state index >= 15 is 0 Å². The van der Waals surface area contributed by atoms with Gasteiger partial charge >= 0.3 is 0 Å². The van der Waals surface area contributed by atoms with Crippen molar-refractivity contribution in [3.8, 4) is 0 Å². The zero-order valence-electron chi connectivity index (χ0n) is 9.15. The molecule has 0 saturated heterocycles. The van der Waals surface area contributed by atoms with Gasteiger partial charge in [-0.3, -0.25) is 0 Å². The van der Waals surface area contributed by atoms with Gasteiger partial charge in [-0.1, -0.05) is 35.1 Å². The van der Waals surface area contributed by atoms with E-state index in [1.165, 1.54) is 29.5 Å². The summed E-state index contributed by atoms with van der Waals surface area (Å²) in [5.41, 5.74) is 1.44. The van der Waals surface area contributed by atoms with Crippen molar-refractivity contribution in [1.29, 1.82) is 0 Å². The summed E-state index contributed by atoms with van der Waals surface area (Å²) in [5, 5.41) is 4.20. The van der Waals surface area contributed by atoms with E-state index in [-0.39, 0.29) is 5.82 Å². The fraction of sp³-hybridized carbons (Fsp3) is 0. The fourth-order valence-corrected chi connectivity index (χ4v) is 2.68. The first-order valence-corrected chi connectivity index (χ1v) is 6.49. The van der Waals surface area contributed by atoms with Crippen LogP contribution in [0.4, 0.5) is 15.2 Å². The normalized spacial score (nSPS) is 10.8. The number of nitrogens with one attached hydrogen (secondary N) is 1. The van der Waals surface area contributed by atoms with E-state index in [0.717, 1.165) is 10.2 Å². The van der Waals surface area contributed by atoms with Crippen LogP contribution in [0.15, 0.2) is 42.5 Å². The number of hydrogen-bond donors (Lipinski definition) is 1. The van der Waals surface area contributed by atoms with Crippen LogP contribution in [0.3, 0.4) is 0 Å². The molecule has 0 aliphatic rings. The van der Waals surface area contributed by atoms with Gasteiger partial charge in [0.05, 0.1) is 20.9 Å². The van der Waals surface area contributed by atoms with Crippen LogP contribution >= 0.6 is 22.9 Å². The number of fused-ring (bicyclic) bond motifs is 1. The summed E-state index contributed by atoms with van der Waals surface area (Å²) in [5.74, 6) is -0.331. The molecule has 2 nitrogen and oxygen atoms in total. The second kappa shape index (κ2) is 4.55. The molecule has 0 saturated carbocycles. The van der Waals surface area contributed by atoms with Gasteiger partial charge in [-0.15, -0.1) is 0 Å². The van der Waals surface area contributed by atoms with Gasteiger partial charge in [-0.25, -0.2) is 9.37 Å². The smallest absolute Gasteiger partial charge is 0.188 e. The zero-order chi connectivity index (χ0) is 12.5. The number of thiazole rings is 1. The largest absolute Gasteiger partial charge is 0.330 e. The predicted molar refractivity (Wildman–Crippen MR) is 74.3 cm³/mol. The molecule has 0 atom stereocenters. The number of benzene rings is 2. The van der Waals surface area contributed by atoms with Crippen molar-refractivity contribution in [2.75, 3.05) is 5.32 Å². The number of halogens is 2. The Morgan fingerprint density at radius 1 is 1.17 bits per heavy atom. The van der Waals surface area contributed by atoms with Crippen LogP contribution in [0.5, 0.6) is 0 Å². The highest BCUT2D eigenvalue weighted by Crippen LogP contribution is 2.31. The summed E-state index contributed by atoms with van der Waals surface area (Å²) in [6.07, 6.45) is 0. The standard InChI is InChI=1S/C13H8ClFN2S/c14-9-6-5-8(15)7-11(9)17-13-16-10-3-1-2-4-12(10)18-13/h1-7H,(H,16,17). The molecule has 90 valence electrons. The first kappa shape index (κ1) is 11.4. The molecule has 0 bridgehead atoms. The minimum atomic E-state index is -0.331. The second-order valence-electron chi connectivity index (χ2n) is 3.74. The van der Waals surface area contributed by atoms with E-state index in [2.05, 4.69) is 10.3 Å². The molecule has 1 N–H and O–H groups in total. The van der Waals surface area contributed by atoms with Gasteiger partial charge in [0.25, 0.3) is 0 Å². The number of hydrogen-bond acceptors (Lipinski definition) is 3. The van der Waals surface area contributed by atoms with Crippen molar-refractivity contribution in [2.24, 2.45) is 0 Å². The van der Waals surface area contributed by atoms with E-state index in [4.69, 9.17) is 11.6 Å². The third-order valence-electron chi connectivity index (χ3n) is 2.46. The minimum absolute atomic E-state index is 0.331. The van der Waals surface area contributed by atoms with Crippen molar-refractivity contribution in [1.82, 2.24) is 4.98 Å². The van der Waals surface area contributed by atoms with Gasteiger partial charge in [-0.05, 0) is 30.3 Å². The third-order valence-corrected chi connectivity index (χ3v) is 3.75. The molecule has 1 aromatic heterocycles. The fourth-order valence-electron chi connectivity index (χ4n) is 1.63. The highest BCUT2D eigenvalue weighted by molar-refractivity contribution is 7.22. The maximum atomic E-state index is 13.1. The predicted octanol–water partition coefficient (Wildman–Crippen LogP) is 4.83. The Morgan fingerprint density at radius 3 is 2.83 bits per heavy atom. The zero-order valence-corrected chi connectivity index (χ0v) is 10.7. The Balaban J connectivity index is 1.98. The van der Waals surface area contributed by atoms with Crippen molar-refractivity contribution in [3.05, 3.63) is 53.3 Å². The average molecular weight is 279 g/mol. The highest BCUT2D eigenvalue weighted by Gasteiger charge is 2.06. The monoisotopic (exact) mass is 278 g/mol. The van der Waals surface area contributed by atoms with E-state index in [1.807, 2.05) is 24.3 Å². The first-order chi connectivity index (χ1) is 8.72. The molecule has 18 heavy (non-hydrogen) atoms. The Morgan fingerprint density at radius 2 is 2.00 bits per heavy atom. The highest BCUT2D eigenvalue weighted by atomic mass is 35.5. The molecule has 1 heterocycles. The average Bonchev–Trinajstić information content (AvgIpc) is 2.76. The molecule has 3 rings (SSSR count). The molecule has 2 aromatic carbocycles. The molecule has 0 aliphatic carbocycles. The van der Waals surface area contributed by atoms with Gasteiger partial charge in [-0.2, -0.15) is 0 Å². The SMILES string of the molecule is Fc1ccc(Cl)c(Nc2nc3ccccc3s2)c1. The van der Waals surface area contributed by atoms with Gasteiger partial charge in [0.15, 0.2) is 5.13 Å². The number of aromatic nitrogens is 1. The lowest BCUT2D eigenvalue weighted by Crippen LogP contribution is -1.91. The molecule has 5 heteroatoms. The summed E-state index contributed by atoms with van der Waals surface area (Å²) in [4.78, 5) is 4.41. The molecular formula is C13H8ClFN2S. The molecule has 0 unspecified atom stereocenters. The van der Waals surface area contributed by atoms with Crippen LogP contribution < -0.4 is 5.32 Å². The van der Waals surface area contributed by atoms with Crippen molar-refractivity contribution >= 4 is 44.0 Å². The topological polar surface area (TPSA) is 24.9 Å². The van der Waals surface area contributed by atoms with Crippen LogP contribution in [0.25, 0.3) is 10.2 Å². The summed E-state index contributed by atoms with van der Waals surface area (Å²) in [7, 11) is 0. The molecular weight excluding hydrogens is 271 g/mol. The number of nitrogens with zero attached hydrogens (tertiary/aromatic N) is 1. The quantitative estimate of drug-likeness (QED) is 0.726. The number of rotatable bonds is 2. The molecule has 0 fully saturated rings. The molecule has 0 spiro atoms.